The second kappa shape index (κ2) is 8.03. The van der Waals surface area contributed by atoms with Crippen molar-refractivity contribution in [2.75, 3.05) is 13.2 Å². The van der Waals surface area contributed by atoms with Crippen LogP contribution in [-0.2, 0) is 4.79 Å². The third-order valence-electron chi connectivity index (χ3n) is 10.2. The first-order chi connectivity index (χ1) is 14.5. The highest BCUT2D eigenvalue weighted by molar-refractivity contribution is 5.84. The lowest BCUT2D eigenvalue weighted by Gasteiger charge is -2.61. The Morgan fingerprint density at radius 1 is 1.03 bits per heavy atom. The van der Waals surface area contributed by atoms with Gasteiger partial charge >= 0.3 is 0 Å². The molecule has 0 saturated heterocycles. The molecule has 0 bridgehead atoms. The molecule has 6 nitrogen and oxygen atoms in total. The van der Waals surface area contributed by atoms with E-state index in [1.54, 1.807) is 0 Å². The Kier molecular flexibility index (Phi) is 5.98. The van der Waals surface area contributed by atoms with Gasteiger partial charge in [0.25, 0.3) is 0 Å². The maximum atomic E-state index is 13.2. The van der Waals surface area contributed by atoms with Gasteiger partial charge in [-0.1, -0.05) is 13.8 Å². The molecule has 4 rings (SSSR count). The Morgan fingerprint density at radius 2 is 1.74 bits per heavy atom. The van der Waals surface area contributed by atoms with Crippen LogP contribution in [-0.4, -0.2) is 39.8 Å². The molecule has 0 amide bonds. The summed E-state index contributed by atoms with van der Waals surface area (Å²) < 4.78 is 0. The zero-order valence-electron chi connectivity index (χ0n) is 19.6. The highest BCUT2D eigenvalue weighted by Gasteiger charge is 2.61. The molecule has 0 heterocycles. The summed E-state index contributed by atoms with van der Waals surface area (Å²) in [4.78, 5) is 13.2. The van der Waals surface area contributed by atoms with Gasteiger partial charge in [-0.2, -0.15) is 0 Å². The Morgan fingerprint density at radius 3 is 2.45 bits per heavy atom. The summed E-state index contributed by atoms with van der Waals surface area (Å²) in [5.74, 6) is 8.93. The number of hydrogen-bond acceptors (Lipinski definition) is 6. The van der Waals surface area contributed by atoms with Crippen LogP contribution in [0.25, 0.3) is 0 Å². The summed E-state index contributed by atoms with van der Waals surface area (Å²) in [6, 6.07) is 0. The molecule has 0 aromatic rings. The van der Waals surface area contributed by atoms with Crippen molar-refractivity contribution in [1.82, 2.24) is 5.01 Å². The van der Waals surface area contributed by atoms with Gasteiger partial charge in [0.1, 0.15) is 0 Å². The molecule has 6 N–H and O–H groups in total. The average Bonchev–Trinajstić information content (AvgIpc) is 3.05. The zero-order valence-corrected chi connectivity index (χ0v) is 19.6. The molecule has 0 spiro atoms. The summed E-state index contributed by atoms with van der Waals surface area (Å²) in [6.45, 7) is 6.78. The Balaban J connectivity index is 1.48. The van der Waals surface area contributed by atoms with E-state index in [1.165, 1.54) is 30.5 Å². The van der Waals surface area contributed by atoms with E-state index < -0.39 is 5.60 Å². The van der Waals surface area contributed by atoms with Crippen molar-refractivity contribution >= 4 is 5.78 Å². The Hall–Kier alpha value is -1.11. The van der Waals surface area contributed by atoms with E-state index in [1.807, 2.05) is 6.92 Å². The third-order valence-corrected chi connectivity index (χ3v) is 10.2. The molecule has 4 aliphatic rings. The van der Waals surface area contributed by atoms with Crippen molar-refractivity contribution in [2.24, 2.45) is 52.0 Å². The molecule has 176 valence electrons. The molecule has 0 aromatic carbocycles. The van der Waals surface area contributed by atoms with Gasteiger partial charge in [-0.3, -0.25) is 4.79 Å². The Labute approximate surface area is 187 Å². The summed E-state index contributed by atoms with van der Waals surface area (Å²) in [6.07, 6.45) is 11.4. The molecule has 4 saturated carbocycles. The fraction of sp³-hybridized carbons (Fsp3) is 0.880. The first kappa shape index (κ1) is 23.1. The van der Waals surface area contributed by atoms with E-state index in [0.29, 0.717) is 23.2 Å². The number of Topliss-reactive ketones (excluding diaryl/α,β-unsaturated/α-hetero) is 1. The highest BCUT2D eigenvalue weighted by atomic mass is 16.3. The van der Waals surface area contributed by atoms with E-state index in [4.69, 9.17) is 16.7 Å². The van der Waals surface area contributed by atoms with Crippen LogP contribution in [0.4, 0.5) is 0 Å². The number of fused-ring (bicyclic) bond motifs is 5. The summed E-state index contributed by atoms with van der Waals surface area (Å²) in [7, 11) is 0. The normalized spacial score (nSPS) is 47.3. The summed E-state index contributed by atoms with van der Waals surface area (Å²) >= 11 is 0. The van der Waals surface area contributed by atoms with Crippen molar-refractivity contribution in [1.29, 1.82) is 0 Å². The van der Waals surface area contributed by atoms with Gasteiger partial charge in [-0.15, -0.1) is 0 Å². The van der Waals surface area contributed by atoms with Gasteiger partial charge < -0.3 is 21.0 Å². The number of nitrogens with zero attached hydrogens (tertiary/aromatic N) is 1. The van der Waals surface area contributed by atoms with Crippen LogP contribution >= 0.6 is 0 Å². The number of hydrazine groups is 1. The Bertz CT molecular complexity index is 738. The van der Waals surface area contributed by atoms with Crippen LogP contribution in [0.5, 0.6) is 0 Å². The molecule has 8 atom stereocenters. The highest BCUT2D eigenvalue weighted by Crippen LogP contribution is 2.68. The number of ketones is 1. The molecule has 0 aliphatic heterocycles. The first-order valence-electron chi connectivity index (χ1n) is 12.3. The molecule has 4 fully saturated rings. The van der Waals surface area contributed by atoms with Crippen molar-refractivity contribution in [3.8, 4) is 0 Å². The maximum absolute atomic E-state index is 13.2. The summed E-state index contributed by atoms with van der Waals surface area (Å²) in [5.41, 5.74) is 5.83. The predicted octanol–water partition coefficient (Wildman–Crippen LogP) is 2.93. The first-order valence-corrected chi connectivity index (χ1v) is 12.3. The molecule has 8 unspecified atom stereocenters. The molecule has 0 radical (unpaired) electrons. The number of aliphatic hydroxyl groups excluding tert-OH is 1. The molecular weight excluding hydrogens is 390 g/mol. The van der Waals surface area contributed by atoms with Gasteiger partial charge in [0.2, 0.25) is 0 Å². The van der Waals surface area contributed by atoms with Crippen molar-refractivity contribution < 1.29 is 15.0 Å². The van der Waals surface area contributed by atoms with E-state index in [9.17, 15) is 9.90 Å². The van der Waals surface area contributed by atoms with Crippen molar-refractivity contribution in [3.05, 3.63) is 11.9 Å². The van der Waals surface area contributed by atoms with Gasteiger partial charge in [0, 0.05) is 12.1 Å². The van der Waals surface area contributed by atoms with Crippen molar-refractivity contribution in [2.45, 2.75) is 84.2 Å². The zero-order chi connectivity index (χ0) is 22.6. The van der Waals surface area contributed by atoms with Crippen LogP contribution in [0.3, 0.4) is 0 Å². The predicted molar refractivity (Wildman–Crippen MR) is 121 cm³/mol. The molecule has 6 heteroatoms. The summed E-state index contributed by atoms with van der Waals surface area (Å²) in [5, 5.41) is 21.1. The second-order valence-corrected chi connectivity index (χ2v) is 12.0. The fourth-order valence-electron chi connectivity index (χ4n) is 8.55. The fourth-order valence-corrected chi connectivity index (χ4v) is 8.55. The SMILES string of the molecule is CC1(O)CCC2(C)C(CCC3C2CCC2(C)C(C(=O)CN(N)C=C(N)CO)CCC32)C1. The number of carbonyl (C=O) groups excluding carboxylic acids is 1. The lowest BCUT2D eigenvalue weighted by molar-refractivity contribution is -0.151. The van der Waals surface area contributed by atoms with Gasteiger partial charge in [-0.05, 0) is 99.2 Å². The van der Waals surface area contributed by atoms with Crippen LogP contribution < -0.4 is 11.6 Å². The lowest BCUT2D eigenvalue weighted by atomic mass is 9.44. The average molecular weight is 434 g/mol. The van der Waals surface area contributed by atoms with Crippen molar-refractivity contribution in [3.63, 3.8) is 0 Å². The molecule has 0 aromatic heterocycles. The number of carbonyl (C=O) groups is 1. The van der Waals surface area contributed by atoms with Crippen LogP contribution in [0.1, 0.15) is 78.6 Å². The monoisotopic (exact) mass is 433 g/mol. The van der Waals surface area contributed by atoms with E-state index in [0.717, 1.165) is 44.4 Å². The minimum Gasteiger partial charge on any atom is -0.399 e. The van der Waals surface area contributed by atoms with Crippen LogP contribution in [0, 0.1) is 40.4 Å². The standard InChI is InChI=1S/C25H43N3O3/c1-23(31)10-11-24(2)16(12-23)4-5-18-19-6-7-21(25(19,3)9-8-20(18)24)22(30)14-28(27)13-17(26)15-29/h13,16,18-21,29,31H,4-12,14-15,26-27H2,1-3H3. The second-order valence-electron chi connectivity index (χ2n) is 12.0. The smallest absolute Gasteiger partial charge is 0.157 e. The van der Waals surface area contributed by atoms with Gasteiger partial charge in [-0.25, -0.2) is 5.84 Å². The van der Waals surface area contributed by atoms with Crippen LogP contribution in [0.2, 0.25) is 0 Å². The molecule has 31 heavy (non-hydrogen) atoms. The van der Waals surface area contributed by atoms with Gasteiger partial charge in [0.15, 0.2) is 5.78 Å². The number of hydrogen-bond donors (Lipinski definition) is 4. The quantitative estimate of drug-likeness (QED) is 0.392. The van der Waals surface area contributed by atoms with Crippen LogP contribution in [0.15, 0.2) is 11.9 Å². The molecule has 4 aliphatic carbocycles. The minimum absolute atomic E-state index is 0.0610. The largest absolute Gasteiger partial charge is 0.399 e. The third kappa shape index (κ3) is 3.93. The van der Waals surface area contributed by atoms with E-state index in [2.05, 4.69) is 13.8 Å². The lowest BCUT2D eigenvalue weighted by Crippen LogP contribution is -2.56. The van der Waals surface area contributed by atoms with E-state index in [-0.39, 0.29) is 36.0 Å². The minimum atomic E-state index is -0.493. The number of aliphatic hydroxyl groups is 2. The number of rotatable bonds is 5. The molecular formula is C25H43N3O3. The maximum Gasteiger partial charge on any atom is 0.157 e. The van der Waals surface area contributed by atoms with E-state index >= 15 is 0 Å². The van der Waals surface area contributed by atoms with Gasteiger partial charge in [0.05, 0.1) is 24.4 Å². The topological polar surface area (TPSA) is 113 Å². The number of nitrogens with two attached hydrogens (primary N) is 2.